The van der Waals surface area contributed by atoms with Crippen LogP contribution in [0.4, 0.5) is 0 Å². The molecular weight excluding hydrogens is 200 g/mol. The first-order valence-electron chi connectivity index (χ1n) is 6.78. The molecule has 0 spiro atoms. The lowest BCUT2D eigenvalue weighted by Crippen LogP contribution is -2.42. The molecule has 16 heavy (non-hydrogen) atoms. The summed E-state index contributed by atoms with van der Waals surface area (Å²) in [5, 5.41) is 0. The van der Waals surface area contributed by atoms with Gasteiger partial charge in [-0.25, -0.2) is 0 Å². The Morgan fingerprint density at radius 2 is 1.88 bits per heavy atom. The summed E-state index contributed by atoms with van der Waals surface area (Å²) in [7, 11) is 0. The van der Waals surface area contributed by atoms with Gasteiger partial charge in [0.1, 0.15) is 0 Å². The van der Waals surface area contributed by atoms with Crippen LogP contribution in [0.25, 0.3) is 0 Å². The van der Waals surface area contributed by atoms with Crippen LogP contribution in [0, 0.1) is 0 Å². The van der Waals surface area contributed by atoms with E-state index in [4.69, 9.17) is 0 Å². The van der Waals surface area contributed by atoms with Crippen LogP contribution >= 0.6 is 0 Å². The van der Waals surface area contributed by atoms with Gasteiger partial charge in [-0.15, -0.1) is 0 Å². The second-order valence-corrected chi connectivity index (χ2v) is 4.66. The van der Waals surface area contributed by atoms with Gasteiger partial charge >= 0.3 is 0 Å². The van der Waals surface area contributed by atoms with Crippen LogP contribution in [0.3, 0.4) is 0 Å². The van der Waals surface area contributed by atoms with Crippen LogP contribution in [-0.4, -0.2) is 48.4 Å². The predicted octanol–water partition coefficient (Wildman–Crippen LogP) is 2.12. The van der Waals surface area contributed by atoms with Gasteiger partial charge in [0.05, 0.1) is 6.54 Å². The molecule has 1 fully saturated rings. The maximum absolute atomic E-state index is 12.0. The lowest BCUT2D eigenvalue weighted by atomic mass is 10.1. The molecule has 1 saturated heterocycles. The number of rotatable bonds is 6. The zero-order valence-corrected chi connectivity index (χ0v) is 10.9. The van der Waals surface area contributed by atoms with E-state index in [2.05, 4.69) is 18.7 Å². The van der Waals surface area contributed by atoms with Crippen molar-refractivity contribution < 1.29 is 4.79 Å². The lowest BCUT2D eigenvalue weighted by molar-refractivity contribution is -0.133. The minimum absolute atomic E-state index is 0.331. The number of hydrogen-bond acceptors (Lipinski definition) is 2. The first-order chi connectivity index (χ1) is 7.77. The van der Waals surface area contributed by atoms with E-state index < -0.39 is 0 Å². The third-order valence-electron chi connectivity index (χ3n) is 3.34. The molecule has 0 aromatic rings. The molecule has 3 heteroatoms. The van der Waals surface area contributed by atoms with Gasteiger partial charge in [0.25, 0.3) is 0 Å². The van der Waals surface area contributed by atoms with Crippen molar-refractivity contribution in [3.05, 3.63) is 0 Å². The molecule has 1 heterocycles. The molecule has 0 bridgehead atoms. The Morgan fingerprint density at radius 1 is 1.19 bits per heavy atom. The number of carbonyl (C=O) groups excluding carboxylic acids is 1. The number of likely N-dealkylation sites (N-methyl/N-ethyl adjacent to an activating group) is 1. The standard InChI is InChI=1S/C13H26N2O/c1-3-5-9-14(4-2)12-13(16)15-10-7-6-8-11-15/h3-12H2,1-2H3. The lowest BCUT2D eigenvalue weighted by Gasteiger charge is -2.29. The monoisotopic (exact) mass is 226 g/mol. The van der Waals surface area contributed by atoms with Crippen molar-refractivity contribution in [2.45, 2.75) is 46.0 Å². The molecule has 0 radical (unpaired) electrons. The van der Waals surface area contributed by atoms with Crippen LogP contribution in [0.5, 0.6) is 0 Å². The van der Waals surface area contributed by atoms with Crippen molar-refractivity contribution in [1.29, 1.82) is 0 Å². The summed E-state index contributed by atoms with van der Waals surface area (Å²) in [5.41, 5.74) is 0. The minimum Gasteiger partial charge on any atom is -0.342 e. The Labute approximate surface area is 99.8 Å². The first kappa shape index (κ1) is 13.5. The van der Waals surface area contributed by atoms with Crippen LogP contribution in [0.1, 0.15) is 46.0 Å². The number of carbonyl (C=O) groups is 1. The van der Waals surface area contributed by atoms with Gasteiger partial charge in [-0.1, -0.05) is 20.3 Å². The van der Waals surface area contributed by atoms with Gasteiger partial charge < -0.3 is 4.90 Å². The van der Waals surface area contributed by atoms with Crippen LogP contribution < -0.4 is 0 Å². The van der Waals surface area contributed by atoms with Gasteiger partial charge in [0.2, 0.25) is 5.91 Å². The summed E-state index contributed by atoms with van der Waals surface area (Å²) in [6, 6.07) is 0. The Balaban J connectivity index is 2.29. The molecule has 0 aliphatic carbocycles. The zero-order chi connectivity index (χ0) is 11.8. The third kappa shape index (κ3) is 4.52. The summed E-state index contributed by atoms with van der Waals surface area (Å²) in [6.07, 6.45) is 6.06. The van der Waals surface area contributed by atoms with Gasteiger partial charge in [0.15, 0.2) is 0 Å². The Kier molecular flexibility index (Phi) is 6.46. The number of amides is 1. The molecule has 1 rings (SSSR count). The molecule has 0 aromatic carbocycles. The van der Waals surface area contributed by atoms with E-state index >= 15 is 0 Å². The highest BCUT2D eigenvalue weighted by molar-refractivity contribution is 5.78. The largest absolute Gasteiger partial charge is 0.342 e. The number of hydrogen-bond donors (Lipinski definition) is 0. The van der Waals surface area contributed by atoms with E-state index in [1.807, 2.05) is 4.90 Å². The molecule has 1 aliphatic heterocycles. The van der Waals surface area contributed by atoms with Crippen LogP contribution in [0.2, 0.25) is 0 Å². The fourth-order valence-electron chi connectivity index (χ4n) is 2.17. The van der Waals surface area contributed by atoms with Crippen molar-refractivity contribution in [3.8, 4) is 0 Å². The SMILES string of the molecule is CCCCN(CC)CC(=O)N1CCCCC1. The fourth-order valence-corrected chi connectivity index (χ4v) is 2.17. The Morgan fingerprint density at radius 3 is 2.44 bits per heavy atom. The highest BCUT2D eigenvalue weighted by atomic mass is 16.2. The van der Waals surface area contributed by atoms with E-state index in [-0.39, 0.29) is 0 Å². The van der Waals surface area contributed by atoms with Crippen molar-refractivity contribution in [2.75, 3.05) is 32.7 Å². The normalized spacial score (nSPS) is 16.8. The number of nitrogens with zero attached hydrogens (tertiary/aromatic N) is 2. The Bertz CT molecular complexity index is 200. The average molecular weight is 226 g/mol. The van der Waals surface area contributed by atoms with Gasteiger partial charge in [-0.2, -0.15) is 0 Å². The van der Waals surface area contributed by atoms with Gasteiger partial charge in [0, 0.05) is 13.1 Å². The summed E-state index contributed by atoms with van der Waals surface area (Å²) < 4.78 is 0. The first-order valence-corrected chi connectivity index (χ1v) is 6.78. The molecule has 0 saturated carbocycles. The molecule has 0 unspecified atom stereocenters. The molecule has 94 valence electrons. The smallest absolute Gasteiger partial charge is 0.236 e. The van der Waals surface area contributed by atoms with Crippen molar-refractivity contribution in [2.24, 2.45) is 0 Å². The van der Waals surface area contributed by atoms with E-state index in [0.29, 0.717) is 12.5 Å². The highest BCUT2D eigenvalue weighted by Gasteiger charge is 2.18. The maximum atomic E-state index is 12.0. The summed E-state index contributed by atoms with van der Waals surface area (Å²) >= 11 is 0. The average Bonchev–Trinajstić information content (AvgIpc) is 2.35. The summed E-state index contributed by atoms with van der Waals surface area (Å²) in [5.74, 6) is 0.331. The minimum atomic E-state index is 0.331. The predicted molar refractivity (Wildman–Crippen MR) is 67.5 cm³/mol. The summed E-state index contributed by atoms with van der Waals surface area (Å²) in [4.78, 5) is 16.3. The topological polar surface area (TPSA) is 23.6 Å². The van der Waals surface area contributed by atoms with Crippen LogP contribution in [0.15, 0.2) is 0 Å². The molecule has 1 aliphatic rings. The van der Waals surface area contributed by atoms with Crippen molar-refractivity contribution in [1.82, 2.24) is 9.80 Å². The molecule has 3 nitrogen and oxygen atoms in total. The summed E-state index contributed by atoms with van der Waals surface area (Å²) in [6.45, 7) is 8.95. The molecule has 1 amide bonds. The number of likely N-dealkylation sites (tertiary alicyclic amines) is 1. The highest BCUT2D eigenvalue weighted by Crippen LogP contribution is 2.09. The second-order valence-electron chi connectivity index (χ2n) is 4.66. The quantitative estimate of drug-likeness (QED) is 0.692. The third-order valence-corrected chi connectivity index (χ3v) is 3.34. The van der Waals surface area contributed by atoms with Gasteiger partial charge in [-0.05, 0) is 38.8 Å². The number of piperidine rings is 1. The molecule has 0 N–H and O–H groups in total. The zero-order valence-electron chi connectivity index (χ0n) is 10.9. The van der Waals surface area contributed by atoms with E-state index in [1.165, 1.54) is 32.1 Å². The second kappa shape index (κ2) is 7.66. The van der Waals surface area contributed by atoms with E-state index in [0.717, 1.165) is 26.2 Å². The van der Waals surface area contributed by atoms with Crippen molar-refractivity contribution >= 4 is 5.91 Å². The van der Waals surface area contributed by atoms with E-state index in [1.54, 1.807) is 0 Å². The van der Waals surface area contributed by atoms with Gasteiger partial charge in [-0.3, -0.25) is 9.69 Å². The maximum Gasteiger partial charge on any atom is 0.236 e. The van der Waals surface area contributed by atoms with E-state index in [9.17, 15) is 4.79 Å². The van der Waals surface area contributed by atoms with Crippen molar-refractivity contribution in [3.63, 3.8) is 0 Å². The number of unbranched alkanes of at least 4 members (excludes halogenated alkanes) is 1. The van der Waals surface area contributed by atoms with Crippen LogP contribution in [-0.2, 0) is 4.79 Å². The fraction of sp³-hybridized carbons (Fsp3) is 0.923. The Hall–Kier alpha value is -0.570. The molecule has 0 atom stereocenters. The molecule has 0 aromatic heterocycles. The molecular formula is C13H26N2O.